The Labute approximate surface area is 140 Å². The van der Waals surface area contributed by atoms with Crippen molar-refractivity contribution in [2.75, 3.05) is 11.9 Å². The van der Waals surface area contributed by atoms with Crippen molar-refractivity contribution in [3.8, 4) is 0 Å². The van der Waals surface area contributed by atoms with Crippen LogP contribution in [0.15, 0.2) is 17.1 Å². The third-order valence-electron chi connectivity index (χ3n) is 3.67. The van der Waals surface area contributed by atoms with E-state index in [4.69, 9.17) is 14.9 Å². The number of carbonyl (C=O) groups excluding carboxylic acids is 1. The van der Waals surface area contributed by atoms with Gasteiger partial charge in [0, 0.05) is 6.20 Å². The number of carboxylic acids is 1. The molecule has 8 N–H and O–H groups in total. The van der Waals surface area contributed by atoms with Crippen LogP contribution in [0.2, 0.25) is 0 Å². The number of hydrogen-bond acceptors (Lipinski definition) is 8. The third kappa shape index (κ3) is 4.18. The Hall–Kier alpha value is -2.38. The normalized spacial score (nSPS) is 27.0. The highest BCUT2D eigenvalue weighted by atomic mass is 16.6. The first-order valence-electron chi connectivity index (χ1n) is 7.32. The zero-order valence-electron chi connectivity index (χ0n) is 13.0. The molecule has 138 valence electrons. The SMILES string of the molecule is [NH3+][C@@H](CC(=O)Nc1ccn([C@@H]2O[C@H](CO)C(O)[C@H]2O)c(=O)n1)C(=O)O. The average molecular weight is 359 g/mol. The van der Waals surface area contributed by atoms with Crippen molar-refractivity contribution in [1.29, 1.82) is 0 Å². The Morgan fingerprint density at radius 1 is 1.40 bits per heavy atom. The standard InChI is InChI=1S/C13H18N4O8/c14-5(12(22)23)3-8(19)15-7-1-2-17(13(24)16-7)11-10(21)9(20)6(4-18)25-11/h1-2,5-6,9-11,18,20-21H,3-4,14H2,(H,22,23)(H,15,16,19,24)/p+1/t5-,6+,9?,10+,11+/m0/s1. The van der Waals surface area contributed by atoms with E-state index in [1.807, 2.05) is 0 Å². The molecule has 1 fully saturated rings. The minimum Gasteiger partial charge on any atom is -0.477 e. The average Bonchev–Trinajstić information content (AvgIpc) is 2.82. The molecule has 25 heavy (non-hydrogen) atoms. The number of ether oxygens (including phenoxy) is 1. The third-order valence-corrected chi connectivity index (χ3v) is 3.67. The first kappa shape index (κ1) is 19.0. The monoisotopic (exact) mass is 359 g/mol. The van der Waals surface area contributed by atoms with Crippen molar-refractivity contribution in [2.45, 2.75) is 37.0 Å². The van der Waals surface area contributed by atoms with Crippen LogP contribution in [0.5, 0.6) is 0 Å². The summed E-state index contributed by atoms with van der Waals surface area (Å²) in [5, 5.41) is 39.6. The van der Waals surface area contributed by atoms with E-state index in [0.29, 0.717) is 0 Å². The van der Waals surface area contributed by atoms with Gasteiger partial charge in [0.25, 0.3) is 0 Å². The number of amides is 1. The van der Waals surface area contributed by atoms with Gasteiger partial charge in [0.1, 0.15) is 24.1 Å². The number of nitrogens with one attached hydrogen (secondary N) is 1. The molecule has 1 aromatic rings. The van der Waals surface area contributed by atoms with E-state index in [9.17, 15) is 24.6 Å². The number of quaternary nitrogens is 1. The van der Waals surface area contributed by atoms with Gasteiger partial charge in [-0.1, -0.05) is 0 Å². The number of hydrogen-bond donors (Lipinski definition) is 6. The van der Waals surface area contributed by atoms with Crippen LogP contribution in [0.1, 0.15) is 12.6 Å². The minimum atomic E-state index is -1.44. The molecule has 2 rings (SSSR count). The maximum atomic E-state index is 12.0. The van der Waals surface area contributed by atoms with Crippen molar-refractivity contribution in [3.05, 3.63) is 22.7 Å². The molecule has 12 heteroatoms. The fraction of sp³-hybridized carbons (Fsp3) is 0.538. The Morgan fingerprint density at radius 2 is 2.08 bits per heavy atom. The number of aliphatic hydroxyl groups excluding tert-OH is 3. The molecule has 5 atom stereocenters. The summed E-state index contributed by atoms with van der Waals surface area (Å²) in [7, 11) is 0. The molecule has 0 bridgehead atoms. The summed E-state index contributed by atoms with van der Waals surface area (Å²) in [6.07, 6.45) is -4.31. The molecule has 0 radical (unpaired) electrons. The van der Waals surface area contributed by atoms with E-state index in [-0.39, 0.29) is 5.82 Å². The number of aliphatic hydroxyl groups is 3. The summed E-state index contributed by atoms with van der Waals surface area (Å²) in [4.78, 5) is 38.0. The van der Waals surface area contributed by atoms with Crippen molar-refractivity contribution < 1.29 is 40.5 Å². The minimum absolute atomic E-state index is 0.115. The summed E-state index contributed by atoms with van der Waals surface area (Å²) < 4.78 is 6.12. The summed E-state index contributed by atoms with van der Waals surface area (Å²) in [6, 6.07) is 0.103. The van der Waals surface area contributed by atoms with Crippen molar-refractivity contribution in [3.63, 3.8) is 0 Å². The molecular weight excluding hydrogens is 340 g/mol. The lowest BCUT2D eigenvalue weighted by Crippen LogP contribution is -2.65. The fourth-order valence-corrected chi connectivity index (χ4v) is 2.29. The fourth-order valence-electron chi connectivity index (χ4n) is 2.29. The Kier molecular flexibility index (Phi) is 5.81. The second-order valence-electron chi connectivity index (χ2n) is 5.52. The van der Waals surface area contributed by atoms with Crippen LogP contribution in [-0.2, 0) is 14.3 Å². The topological polar surface area (TPSA) is 199 Å². The van der Waals surface area contributed by atoms with E-state index < -0.39 is 61.2 Å². The number of carbonyl (C=O) groups is 2. The number of nitrogens with zero attached hydrogens (tertiary/aromatic N) is 2. The van der Waals surface area contributed by atoms with Crippen LogP contribution in [0.3, 0.4) is 0 Å². The molecule has 1 aromatic heterocycles. The first-order chi connectivity index (χ1) is 11.7. The van der Waals surface area contributed by atoms with Gasteiger partial charge in [-0.15, -0.1) is 0 Å². The lowest BCUT2D eigenvalue weighted by Gasteiger charge is -2.17. The highest BCUT2D eigenvalue weighted by Gasteiger charge is 2.43. The number of carboxylic acid groups (broad SMARTS) is 1. The Bertz CT molecular complexity index is 708. The number of aromatic nitrogens is 2. The molecule has 0 spiro atoms. The molecule has 1 unspecified atom stereocenters. The predicted octanol–water partition coefficient (Wildman–Crippen LogP) is -4.12. The van der Waals surface area contributed by atoms with Gasteiger partial charge in [-0.3, -0.25) is 9.36 Å². The van der Waals surface area contributed by atoms with Crippen LogP contribution >= 0.6 is 0 Å². The van der Waals surface area contributed by atoms with Crippen LogP contribution in [0.25, 0.3) is 0 Å². The van der Waals surface area contributed by atoms with Crippen molar-refractivity contribution in [1.82, 2.24) is 9.55 Å². The van der Waals surface area contributed by atoms with Gasteiger partial charge >= 0.3 is 11.7 Å². The lowest BCUT2D eigenvalue weighted by molar-refractivity contribution is -0.406. The van der Waals surface area contributed by atoms with Crippen molar-refractivity contribution >= 4 is 17.7 Å². The summed E-state index contributed by atoms with van der Waals surface area (Å²) in [5.41, 5.74) is 2.42. The van der Waals surface area contributed by atoms with E-state index in [2.05, 4.69) is 16.0 Å². The molecule has 0 aromatic carbocycles. The Morgan fingerprint density at radius 3 is 2.60 bits per heavy atom. The maximum Gasteiger partial charge on any atom is 0.362 e. The lowest BCUT2D eigenvalue weighted by atomic mass is 10.1. The Balaban J connectivity index is 2.10. The van der Waals surface area contributed by atoms with E-state index in [1.54, 1.807) is 0 Å². The summed E-state index contributed by atoms with van der Waals surface area (Å²) in [5.74, 6) is -2.03. The summed E-state index contributed by atoms with van der Waals surface area (Å²) >= 11 is 0. The van der Waals surface area contributed by atoms with Gasteiger partial charge in [-0.05, 0) is 6.07 Å². The van der Waals surface area contributed by atoms with Gasteiger partial charge in [-0.2, -0.15) is 4.98 Å². The molecule has 2 heterocycles. The molecule has 12 nitrogen and oxygen atoms in total. The molecule has 1 saturated heterocycles. The molecule has 0 saturated carbocycles. The van der Waals surface area contributed by atoms with Gasteiger partial charge < -0.3 is 36.2 Å². The first-order valence-corrected chi connectivity index (χ1v) is 7.32. The van der Waals surface area contributed by atoms with Crippen LogP contribution in [0, 0.1) is 0 Å². The predicted molar refractivity (Wildman–Crippen MR) is 79.1 cm³/mol. The van der Waals surface area contributed by atoms with Gasteiger partial charge in [0.2, 0.25) is 5.91 Å². The molecule has 1 aliphatic heterocycles. The van der Waals surface area contributed by atoms with Crippen LogP contribution in [-0.4, -0.2) is 72.8 Å². The maximum absolute atomic E-state index is 12.0. The van der Waals surface area contributed by atoms with E-state index >= 15 is 0 Å². The number of anilines is 1. The second-order valence-corrected chi connectivity index (χ2v) is 5.52. The highest BCUT2D eigenvalue weighted by Crippen LogP contribution is 2.28. The number of aliphatic carboxylic acids is 1. The number of rotatable bonds is 6. The molecular formula is C13H19N4O8+. The highest BCUT2D eigenvalue weighted by molar-refractivity contribution is 5.92. The second kappa shape index (κ2) is 7.67. The van der Waals surface area contributed by atoms with E-state index in [0.717, 1.165) is 4.57 Å². The zero-order chi connectivity index (χ0) is 18.7. The summed E-state index contributed by atoms with van der Waals surface area (Å²) in [6.45, 7) is -0.541. The molecule has 1 aliphatic rings. The van der Waals surface area contributed by atoms with Gasteiger partial charge in [0.05, 0.1) is 13.0 Å². The van der Waals surface area contributed by atoms with Crippen LogP contribution < -0.4 is 16.7 Å². The zero-order valence-corrected chi connectivity index (χ0v) is 13.0. The molecule has 1 amide bonds. The van der Waals surface area contributed by atoms with Crippen molar-refractivity contribution in [2.24, 2.45) is 0 Å². The van der Waals surface area contributed by atoms with E-state index in [1.165, 1.54) is 12.3 Å². The largest absolute Gasteiger partial charge is 0.477 e. The molecule has 0 aliphatic carbocycles. The van der Waals surface area contributed by atoms with Gasteiger partial charge in [-0.25, -0.2) is 9.59 Å². The van der Waals surface area contributed by atoms with Crippen LogP contribution in [0.4, 0.5) is 5.82 Å². The van der Waals surface area contributed by atoms with Gasteiger partial charge in [0.15, 0.2) is 12.3 Å². The quantitative estimate of drug-likeness (QED) is 0.292. The smallest absolute Gasteiger partial charge is 0.362 e.